The Morgan fingerprint density at radius 3 is 2.53 bits per heavy atom. The molecule has 1 aromatic rings. The molecule has 0 saturated heterocycles. The zero-order valence-corrected chi connectivity index (χ0v) is 11.2. The van der Waals surface area contributed by atoms with E-state index in [1.54, 1.807) is 13.0 Å². The third kappa shape index (κ3) is 4.56. The zero-order chi connectivity index (χ0) is 12.8. The number of aryl methyl sites for hydroxylation is 1. The summed E-state index contributed by atoms with van der Waals surface area (Å²) in [5.74, 6) is 1.44. The van der Waals surface area contributed by atoms with E-state index in [1.807, 2.05) is 14.1 Å². The minimum absolute atomic E-state index is 0.0848. The minimum atomic E-state index is -0.0848. The van der Waals surface area contributed by atoms with Crippen LogP contribution < -0.4 is 10.5 Å². The molecule has 0 bridgehead atoms. The van der Waals surface area contributed by atoms with Crippen molar-refractivity contribution in [2.75, 3.05) is 38.6 Å². The van der Waals surface area contributed by atoms with Crippen LogP contribution in [0.1, 0.15) is 19.2 Å². The fraction of sp³-hybridized carbons (Fsp3) is 0.667. The fourth-order valence-electron chi connectivity index (χ4n) is 1.66. The van der Waals surface area contributed by atoms with Gasteiger partial charge in [-0.3, -0.25) is 4.79 Å². The van der Waals surface area contributed by atoms with Crippen LogP contribution in [-0.4, -0.2) is 48.6 Å². The lowest BCUT2D eigenvalue weighted by Gasteiger charge is -2.24. The van der Waals surface area contributed by atoms with Gasteiger partial charge in [0.05, 0.1) is 0 Å². The Balaban J connectivity index is 2.84. The van der Waals surface area contributed by atoms with Gasteiger partial charge in [-0.25, -0.2) is 4.98 Å². The van der Waals surface area contributed by atoms with Gasteiger partial charge in [0.15, 0.2) is 0 Å². The summed E-state index contributed by atoms with van der Waals surface area (Å²) in [6.07, 6.45) is 1.04. The first kappa shape index (κ1) is 13.7. The summed E-state index contributed by atoms with van der Waals surface area (Å²) in [4.78, 5) is 22.8. The second-order valence-corrected chi connectivity index (χ2v) is 4.48. The van der Waals surface area contributed by atoms with E-state index in [0.717, 1.165) is 31.9 Å². The fourth-order valence-corrected chi connectivity index (χ4v) is 1.66. The molecular formula is C12H22N4O. The Morgan fingerprint density at radius 1 is 1.29 bits per heavy atom. The Kier molecular flexibility index (Phi) is 5.15. The molecule has 0 aromatic carbocycles. The van der Waals surface area contributed by atoms with E-state index in [-0.39, 0.29) is 5.56 Å². The molecule has 0 unspecified atom stereocenters. The van der Waals surface area contributed by atoms with Crippen LogP contribution in [0.5, 0.6) is 0 Å². The highest BCUT2D eigenvalue weighted by Crippen LogP contribution is 2.08. The molecule has 0 spiro atoms. The van der Waals surface area contributed by atoms with E-state index in [0.29, 0.717) is 5.82 Å². The number of H-pyrrole nitrogens is 1. The molecule has 0 radical (unpaired) electrons. The number of hydrogen-bond donors (Lipinski definition) is 1. The van der Waals surface area contributed by atoms with Crippen molar-refractivity contribution in [1.82, 2.24) is 14.9 Å². The molecule has 0 atom stereocenters. The van der Waals surface area contributed by atoms with Gasteiger partial charge in [0.25, 0.3) is 5.56 Å². The number of aromatic amines is 1. The average molecular weight is 238 g/mol. The van der Waals surface area contributed by atoms with Crippen LogP contribution in [0.4, 0.5) is 5.82 Å². The first-order valence-corrected chi connectivity index (χ1v) is 6.00. The van der Waals surface area contributed by atoms with Gasteiger partial charge in [0.1, 0.15) is 11.6 Å². The Hall–Kier alpha value is -1.36. The lowest BCUT2D eigenvalue weighted by molar-refractivity contribution is 0.412. The van der Waals surface area contributed by atoms with Crippen LogP contribution in [0.2, 0.25) is 0 Å². The van der Waals surface area contributed by atoms with Crippen LogP contribution in [-0.2, 0) is 0 Å². The Labute approximate surface area is 102 Å². The molecule has 0 aliphatic carbocycles. The molecule has 1 heterocycles. The molecule has 1 rings (SSSR count). The highest BCUT2D eigenvalue weighted by molar-refractivity contribution is 5.37. The first-order chi connectivity index (χ1) is 8.02. The zero-order valence-electron chi connectivity index (χ0n) is 11.2. The van der Waals surface area contributed by atoms with Crippen molar-refractivity contribution >= 4 is 5.82 Å². The van der Waals surface area contributed by atoms with Gasteiger partial charge >= 0.3 is 0 Å². The van der Waals surface area contributed by atoms with Gasteiger partial charge < -0.3 is 14.8 Å². The molecule has 96 valence electrons. The topological polar surface area (TPSA) is 52.2 Å². The predicted molar refractivity (Wildman–Crippen MR) is 70.7 cm³/mol. The lowest BCUT2D eigenvalue weighted by atomic mass is 10.3. The van der Waals surface area contributed by atoms with Gasteiger partial charge in [-0.05, 0) is 27.4 Å². The number of likely N-dealkylation sites (N-methyl/N-ethyl adjacent to an activating group) is 1. The van der Waals surface area contributed by atoms with E-state index in [1.165, 1.54) is 0 Å². The summed E-state index contributed by atoms with van der Waals surface area (Å²) in [5, 5.41) is 0. The van der Waals surface area contributed by atoms with Crippen LogP contribution >= 0.6 is 0 Å². The van der Waals surface area contributed by atoms with Crippen molar-refractivity contribution in [3.8, 4) is 0 Å². The minimum Gasteiger partial charge on any atom is -0.355 e. The summed E-state index contributed by atoms with van der Waals surface area (Å²) in [6.45, 7) is 6.69. The SMILES string of the molecule is CCCN(CCN(C)C)c1cc(=O)[nH]c(C)n1. The molecule has 0 aliphatic heterocycles. The van der Waals surface area contributed by atoms with Crippen LogP contribution in [0.3, 0.4) is 0 Å². The molecule has 17 heavy (non-hydrogen) atoms. The van der Waals surface area contributed by atoms with Crippen molar-refractivity contribution in [2.24, 2.45) is 0 Å². The Morgan fingerprint density at radius 2 is 2.00 bits per heavy atom. The molecule has 0 amide bonds. The number of aromatic nitrogens is 2. The van der Waals surface area contributed by atoms with Crippen molar-refractivity contribution in [3.63, 3.8) is 0 Å². The first-order valence-electron chi connectivity index (χ1n) is 6.00. The van der Waals surface area contributed by atoms with Gasteiger partial charge in [-0.2, -0.15) is 0 Å². The standard InChI is InChI=1S/C12H22N4O/c1-5-6-16(8-7-15(3)4)11-9-12(17)14-10(2)13-11/h9H,5-8H2,1-4H3,(H,13,14,17). The van der Waals surface area contributed by atoms with E-state index in [9.17, 15) is 4.79 Å². The average Bonchev–Trinajstić information content (AvgIpc) is 2.22. The van der Waals surface area contributed by atoms with Crippen LogP contribution in [0.15, 0.2) is 10.9 Å². The van der Waals surface area contributed by atoms with E-state index >= 15 is 0 Å². The van der Waals surface area contributed by atoms with Gasteiger partial charge in [0.2, 0.25) is 0 Å². The van der Waals surface area contributed by atoms with Crippen LogP contribution in [0, 0.1) is 6.92 Å². The van der Waals surface area contributed by atoms with Gasteiger partial charge in [-0.15, -0.1) is 0 Å². The summed E-state index contributed by atoms with van der Waals surface area (Å²) in [6, 6.07) is 1.57. The summed E-state index contributed by atoms with van der Waals surface area (Å²) < 4.78 is 0. The number of nitrogens with zero attached hydrogens (tertiary/aromatic N) is 3. The summed E-state index contributed by atoms with van der Waals surface area (Å²) in [7, 11) is 4.08. The molecule has 1 aromatic heterocycles. The number of anilines is 1. The molecule has 5 nitrogen and oxygen atoms in total. The number of nitrogens with one attached hydrogen (secondary N) is 1. The lowest BCUT2D eigenvalue weighted by Crippen LogP contribution is -2.33. The van der Waals surface area contributed by atoms with E-state index < -0.39 is 0 Å². The Bertz CT molecular complexity index is 400. The van der Waals surface area contributed by atoms with Gasteiger partial charge in [0, 0.05) is 25.7 Å². The van der Waals surface area contributed by atoms with E-state index in [2.05, 4.69) is 26.7 Å². The number of rotatable bonds is 6. The molecule has 0 aliphatic rings. The largest absolute Gasteiger partial charge is 0.355 e. The molecule has 0 fully saturated rings. The van der Waals surface area contributed by atoms with Crippen molar-refractivity contribution in [3.05, 3.63) is 22.2 Å². The third-order valence-corrected chi connectivity index (χ3v) is 2.48. The summed E-state index contributed by atoms with van der Waals surface area (Å²) in [5.41, 5.74) is -0.0848. The van der Waals surface area contributed by atoms with Crippen LogP contribution in [0.25, 0.3) is 0 Å². The van der Waals surface area contributed by atoms with Crippen molar-refractivity contribution < 1.29 is 0 Å². The highest BCUT2D eigenvalue weighted by Gasteiger charge is 2.08. The normalized spacial score (nSPS) is 10.9. The summed E-state index contributed by atoms with van der Waals surface area (Å²) >= 11 is 0. The third-order valence-electron chi connectivity index (χ3n) is 2.48. The maximum Gasteiger partial charge on any atom is 0.252 e. The van der Waals surface area contributed by atoms with Gasteiger partial charge in [-0.1, -0.05) is 6.92 Å². The predicted octanol–water partition coefficient (Wildman–Crippen LogP) is 0.856. The molecule has 5 heteroatoms. The maximum absolute atomic E-state index is 11.4. The smallest absolute Gasteiger partial charge is 0.252 e. The molecule has 0 saturated carbocycles. The highest BCUT2D eigenvalue weighted by atomic mass is 16.1. The monoisotopic (exact) mass is 238 g/mol. The van der Waals surface area contributed by atoms with Crippen molar-refractivity contribution in [1.29, 1.82) is 0 Å². The quantitative estimate of drug-likeness (QED) is 0.798. The van der Waals surface area contributed by atoms with E-state index in [4.69, 9.17) is 0 Å². The maximum atomic E-state index is 11.4. The number of hydrogen-bond acceptors (Lipinski definition) is 4. The molecular weight excluding hydrogens is 216 g/mol. The molecule has 1 N–H and O–H groups in total. The second-order valence-electron chi connectivity index (χ2n) is 4.48. The second kappa shape index (κ2) is 6.39. The van der Waals surface area contributed by atoms with Crippen molar-refractivity contribution in [2.45, 2.75) is 20.3 Å².